The number of aromatic nitrogens is 2. The van der Waals surface area contributed by atoms with Gasteiger partial charge < -0.3 is 5.11 Å². The number of thioether (sulfide) groups is 1. The van der Waals surface area contributed by atoms with E-state index in [0.717, 1.165) is 20.3 Å². The van der Waals surface area contributed by atoms with Crippen molar-refractivity contribution in [3.8, 4) is 0 Å². The molecule has 1 aliphatic rings. The zero-order valence-corrected chi connectivity index (χ0v) is 23.8. The summed E-state index contributed by atoms with van der Waals surface area (Å²) in [4.78, 5) is 28.2. The van der Waals surface area contributed by atoms with Crippen molar-refractivity contribution in [2.45, 2.75) is 30.0 Å². The number of carbonyl (C=O) groups excluding carboxylic acids is 2. The first-order valence-corrected chi connectivity index (χ1v) is 14.4. The van der Waals surface area contributed by atoms with Crippen LogP contribution in [0.25, 0.3) is 5.76 Å². The number of aliphatic hydroxyl groups is 1. The molecule has 0 saturated carbocycles. The van der Waals surface area contributed by atoms with E-state index >= 15 is 0 Å². The lowest BCUT2D eigenvalue weighted by atomic mass is 9.93. The second-order valence-electron chi connectivity index (χ2n) is 8.66. The Balaban J connectivity index is 1.58. The Morgan fingerprint density at radius 1 is 1.03 bits per heavy atom. The first-order valence-electron chi connectivity index (χ1n) is 11.5. The summed E-state index contributed by atoms with van der Waals surface area (Å²) in [6.07, 6.45) is 0. The van der Waals surface area contributed by atoms with Gasteiger partial charge in [-0.3, -0.25) is 14.5 Å². The highest BCUT2D eigenvalue weighted by atomic mass is 127. The van der Waals surface area contributed by atoms with Gasteiger partial charge in [0, 0.05) is 14.9 Å². The number of rotatable bonds is 6. The summed E-state index contributed by atoms with van der Waals surface area (Å²) in [6, 6.07) is 22.4. The molecule has 1 atom stereocenters. The van der Waals surface area contributed by atoms with E-state index in [1.807, 2.05) is 86.6 Å². The maximum Gasteiger partial charge on any atom is 0.301 e. The molecule has 1 aromatic heterocycles. The van der Waals surface area contributed by atoms with E-state index in [4.69, 9.17) is 0 Å². The van der Waals surface area contributed by atoms with Crippen LogP contribution in [0.3, 0.4) is 0 Å². The van der Waals surface area contributed by atoms with Gasteiger partial charge >= 0.3 is 5.91 Å². The Hall–Kier alpha value is -3.02. The van der Waals surface area contributed by atoms with Crippen LogP contribution in [0.5, 0.6) is 0 Å². The molecule has 0 aliphatic carbocycles. The van der Waals surface area contributed by atoms with Crippen LogP contribution in [0.2, 0.25) is 0 Å². The molecule has 9 heteroatoms. The largest absolute Gasteiger partial charge is 0.507 e. The summed E-state index contributed by atoms with van der Waals surface area (Å²) in [7, 11) is 0. The molecule has 5 rings (SSSR count). The lowest BCUT2D eigenvalue weighted by Gasteiger charge is -2.22. The van der Waals surface area contributed by atoms with Crippen LogP contribution in [0.15, 0.2) is 82.7 Å². The standard InChI is InChI=1S/C28H22IN3O3S2/c1-16-8-9-17(2)21(14-16)24(33)22-23(19-10-12-20(29)13-11-19)32(26(35)25(22)34)27-30-31-28(37-27)36-15-18-6-4-3-5-7-18/h3-14,23,33H,15H2,1-2H3/b24-22+. The fraction of sp³-hybridized carbons (Fsp3) is 0.143. The molecule has 3 aromatic carbocycles. The fourth-order valence-corrected chi connectivity index (χ4v) is 6.39. The predicted molar refractivity (Wildman–Crippen MR) is 156 cm³/mol. The Labute approximate surface area is 236 Å². The lowest BCUT2D eigenvalue weighted by molar-refractivity contribution is -0.132. The highest BCUT2D eigenvalue weighted by molar-refractivity contribution is 14.1. The SMILES string of the molecule is Cc1ccc(C)c(/C(O)=C2\C(=O)C(=O)N(c3nnc(SCc4ccccc4)s3)C2c2ccc(I)cc2)c1. The third-order valence-electron chi connectivity index (χ3n) is 6.09. The predicted octanol–water partition coefficient (Wildman–Crippen LogP) is 6.68. The van der Waals surface area contributed by atoms with Crippen LogP contribution in [0.4, 0.5) is 5.13 Å². The van der Waals surface area contributed by atoms with Crippen molar-refractivity contribution in [2.75, 3.05) is 4.90 Å². The van der Waals surface area contributed by atoms with E-state index in [-0.39, 0.29) is 11.3 Å². The number of aliphatic hydroxyl groups excluding tert-OH is 1. The molecule has 1 unspecified atom stereocenters. The average molecular weight is 640 g/mol. The van der Waals surface area contributed by atoms with E-state index in [1.165, 1.54) is 28.0 Å². The van der Waals surface area contributed by atoms with Crippen LogP contribution in [0, 0.1) is 17.4 Å². The van der Waals surface area contributed by atoms with Gasteiger partial charge in [0.05, 0.1) is 11.6 Å². The van der Waals surface area contributed by atoms with Gasteiger partial charge in [-0.1, -0.05) is 83.3 Å². The number of anilines is 1. The van der Waals surface area contributed by atoms with Crippen LogP contribution in [-0.2, 0) is 15.3 Å². The van der Waals surface area contributed by atoms with E-state index in [0.29, 0.717) is 26.4 Å². The summed E-state index contributed by atoms with van der Waals surface area (Å²) in [5.41, 5.74) is 4.19. The molecule has 2 heterocycles. The fourth-order valence-electron chi connectivity index (χ4n) is 4.20. The van der Waals surface area contributed by atoms with E-state index in [9.17, 15) is 14.7 Å². The van der Waals surface area contributed by atoms with Gasteiger partial charge in [-0.15, -0.1) is 10.2 Å². The van der Waals surface area contributed by atoms with Crippen molar-refractivity contribution in [3.63, 3.8) is 0 Å². The van der Waals surface area contributed by atoms with Crippen molar-refractivity contribution in [1.29, 1.82) is 0 Å². The van der Waals surface area contributed by atoms with Gasteiger partial charge in [0.1, 0.15) is 5.76 Å². The highest BCUT2D eigenvalue weighted by Crippen LogP contribution is 2.44. The van der Waals surface area contributed by atoms with Crippen molar-refractivity contribution >= 4 is 68.3 Å². The minimum absolute atomic E-state index is 0.0496. The molecule has 186 valence electrons. The minimum Gasteiger partial charge on any atom is -0.507 e. The molecule has 1 N–H and O–H groups in total. The van der Waals surface area contributed by atoms with Gasteiger partial charge in [-0.2, -0.15) is 0 Å². The van der Waals surface area contributed by atoms with E-state index in [1.54, 1.807) is 0 Å². The Morgan fingerprint density at radius 3 is 2.49 bits per heavy atom. The summed E-state index contributed by atoms with van der Waals surface area (Å²) >= 11 is 4.99. The summed E-state index contributed by atoms with van der Waals surface area (Å²) in [5, 5.41) is 20.3. The molecule has 1 fully saturated rings. The van der Waals surface area contributed by atoms with Crippen LogP contribution in [-0.4, -0.2) is 27.0 Å². The summed E-state index contributed by atoms with van der Waals surface area (Å²) in [6.45, 7) is 3.78. The molecule has 1 amide bonds. The van der Waals surface area contributed by atoms with Gasteiger partial charge in [0.25, 0.3) is 5.78 Å². The third-order valence-corrected chi connectivity index (χ3v) is 8.93. The zero-order valence-electron chi connectivity index (χ0n) is 20.0. The van der Waals surface area contributed by atoms with E-state index in [2.05, 4.69) is 32.8 Å². The lowest BCUT2D eigenvalue weighted by Crippen LogP contribution is -2.29. The molecule has 0 radical (unpaired) electrons. The molecular formula is C28H22IN3O3S2. The number of benzene rings is 3. The molecule has 0 bridgehead atoms. The number of nitrogens with zero attached hydrogens (tertiary/aromatic N) is 3. The smallest absolute Gasteiger partial charge is 0.301 e. The molecule has 0 spiro atoms. The third kappa shape index (κ3) is 5.21. The number of amides is 1. The van der Waals surface area contributed by atoms with Gasteiger partial charge in [-0.25, -0.2) is 0 Å². The van der Waals surface area contributed by atoms with Gasteiger partial charge in [-0.05, 0) is 71.3 Å². The highest BCUT2D eigenvalue weighted by Gasteiger charge is 2.48. The number of carbonyl (C=O) groups is 2. The van der Waals surface area contributed by atoms with Gasteiger partial charge in [0.15, 0.2) is 4.34 Å². The minimum atomic E-state index is -0.822. The molecule has 37 heavy (non-hydrogen) atoms. The van der Waals surface area contributed by atoms with Crippen molar-refractivity contribution < 1.29 is 14.7 Å². The van der Waals surface area contributed by atoms with Crippen LogP contribution in [0.1, 0.15) is 33.9 Å². The zero-order chi connectivity index (χ0) is 26.1. The van der Waals surface area contributed by atoms with Crippen molar-refractivity contribution in [2.24, 2.45) is 0 Å². The Bertz CT molecular complexity index is 1520. The van der Waals surface area contributed by atoms with Crippen LogP contribution < -0.4 is 4.90 Å². The maximum atomic E-state index is 13.4. The quantitative estimate of drug-likeness (QED) is 0.0634. The first kappa shape index (κ1) is 25.6. The second kappa shape index (κ2) is 10.8. The number of hydrogen-bond donors (Lipinski definition) is 1. The molecule has 6 nitrogen and oxygen atoms in total. The Kier molecular flexibility index (Phi) is 7.45. The Morgan fingerprint density at radius 2 is 1.76 bits per heavy atom. The van der Waals surface area contributed by atoms with E-state index < -0.39 is 17.7 Å². The summed E-state index contributed by atoms with van der Waals surface area (Å²) in [5.74, 6) is -0.947. The van der Waals surface area contributed by atoms with Gasteiger partial charge in [0.2, 0.25) is 5.13 Å². The topological polar surface area (TPSA) is 83.4 Å². The average Bonchev–Trinajstić information content (AvgIpc) is 3.47. The molecule has 4 aromatic rings. The number of halogens is 1. The maximum absolute atomic E-state index is 13.4. The monoisotopic (exact) mass is 639 g/mol. The summed E-state index contributed by atoms with van der Waals surface area (Å²) < 4.78 is 1.71. The first-order chi connectivity index (χ1) is 17.8. The van der Waals surface area contributed by atoms with Crippen LogP contribution >= 0.6 is 45.7 Å². The molecule has 1 aliphatic heterocycles. The number of ketones is 1. The second-order valence-corrected chi connectivity index (χ2v) is 12.1. The number of hydrogen-bond acceptors (Lipinski definition) is 7. The number of Topliss-reactive ketones (excluding diaryl/α,β-unsaturated/α-hetero) is 1. The van der Waals surface area contributed by atoms with Crippen molar-refractivity contribution in [1.82, 2.24) is 10.2 Å². The van der Waals surface area contributed by atoms with Crippen molar-refractivity contribution in [3.05, 3.63) is 110 Å². The molecular weight excluding hydrogens is 617 g/mol. The number of aryl methyl sites for hydroxylation is 2. The molecule has 1 saturated heterocycles. The normalized spacial score (nSPS) is 16.9.